The zero-order valence-electron chi connectivity index (χ0n) is 16.5. The summed E-state index contributed by atoms with van der Waals surface area (Å²) in [5, 5.41) is 3.77. The number of rotatable bonds is 6. The summed E-state index contributed by atoms with van der Waals surface area (Å²) in [5.74, 6) is -1.28. The second-order valence-corrected chi connectivity index (χ2v) is 9.05. The molecule has 1 unspecified atom stereocenters. The lowest BCUT2D eigenvalue weighted by molar-refractivity contribution is 0.0956. The molecule has 9 heteroatoms. The Labute approximate surface area is 181 Å². The van der Waals surface area contributed by atoms with E-state index in [1.165, 1.54) is 18.2 Å². The highest BCUT2D eigenvalue weighted by molar-refractivity contribution is 7.90. The lowest BCUT2D eigenvalue weighted by Crippen LogP contribution is -2.36. The van der Waals surface area contributed by atoms with Gasteiger partial charge in [0.05, 0.1) is 11.1 Å². The number of anilines is 2. The Bertz CT molecular complexity index is 1100. The molecule has 3 aromatic rings. The highest BCUT2D eigenvalue weighted by Crippen LogP contribution is 2.31. The van der Waals surface area contributed by atoms with Gasteiger partial charge in [0, 0.05) is 48.0 Å². The van der Waals surface area contributed by atoms with Crippen LogP contribution in [-0.4, -0.2) is 29.6 Å². The lowest BCUT2D eigenvalue weighted by Gasteiger charge is -2.33. The summed E-state index contributed by atoms with van der Waals surface area (Å²) in [6.45, 7) is 5.61. The first-order chi connectivity index (χ1) is 14.3. The van der Waals surface area contributed by atoms with Crippen molar-refractivity contribution in [2.45, 2.75) is 31.2 Å². The molecule has 1 fully saturated rings. The van der Waals surface area contributed by atoms with Gasteiger partial charge in [-0.1, -0.05) is 11.6 Å². The maximum absolute atomic E-state index is 14.5. The first-order valence-electron chi connectivity index (χ1n) is 9.58. The molecule has 1 aliphatic rings. The maximum atomic E-state index is 14.5. The van der Waals surface area contributed by atoms with E-state index in [9.17, 15) is 13.7 Å². The van der Waals surface area contributed by atoms with E-state index in [1.54, 1.807) is 18.2 Å². The van der Waals surface area contributed by atoms with Crippen molar-refractivity contribution < 1.29 is 18.2 Å². The van der Waals surface area contributed by atoms with Crippen LogP contribution in [-0.2, 0) is 11.4 Å². The van der Waals surface area contributed by atoms with Crippen molar-refractivity contribution in [3.8, 4) is 0 Å². The summed E-state index contributed by atoms with van der Waals surface area (Å²) in [6, 6.07) is 9.47. The molecule has 2 heterocycles. The summed E-state index contributed by atoms with van der Waals surface area (Å²) in [6.07, 6.45) is 1.06. The molecule has 1 aliphatic heterocycles. The van der Waals surface area contributed by atoms with Crippen molar-refractivity contribution in [1.29, 1.82) is 0 Å². The normalized spacial score (nSPS) is 14.7. The van der Waals surface area contributed by atoms with E-state index < -0.39 is 23.1 Å². The number of halogens is 2. The van der Waals surface area contributed by atoms with Gasteiger partial charge in [-0.2, -0.15) is 4.72 Å². The fourth-order valence-corrected chi connectivity index (χ4v) is 4.40. The Hall–Kier alpha value is -2.42. The van der Waals surface area contributed by atoms with Crippen molar-refractivity contribution in [2.75, 3.05) is 23.3 Å². The number of carbonyl (C=O) groups excluding carboxylic acids is 1. The number of nitrogens with zero attached hydrogens (tertiary/aromatic N) is 1. The standard InChI is InChI=1S/C21H21ClFN3O3S/c1-12(2)24-17-5-4-13(22)8-20(17)30(28)25-21(27)19-11-15-16(23)9-14(10-18(15)29-19)26-6-3-7-26/h4-5,8-12,24H,3,6-7H2,1-2H3,(H,25,27). The van der Waals surface area contributed by atoms with Gasteiger partial charge < -0.3 is 19.2 Å². The molecular weight excluding hydrogens is 429 g/mol. The maximum Gasteiger partial charge on any atom is 0.328 e. The molecule has 1 atom stereocenters. The molecule has 6 nitrogen and oxygen atoms in total. The summed E-state index contributed by atoms with van der Waals surface area (Å²) in [7, 11) is 0. The fourth-order valence-electron chi connectivity index (χ4n) is 3.22. The van der Waals surface area contributed by atoms with Crippen LogP contribution < -0.4 is 14.9 Å². The van der Waals surface area contributed by atoms with Crippen molar-refractivity contribution >= 4 is 51.2 Å². The molecule has 0 radical (unpaired) electrons. The van der Waals surface area contributed by atoms with E-state index in [0.29, 0.717) is 15.6 Å². The molecule has 0 spiro atoms. The van der Waals surface area contributed by atoms with E-state index in [1.807, 2.05) is 18.7 Å². The Balaban J connectivity index is 1.57. The van der Waals surface area contributed by atoms with Gasteiger partial charge in [-0.25, -0.2) is 4.39 Å². The number of carbonyl (C=O) groups is 1. The average Bonchev–Trinajstić information content (AvgIpc) is 3.06. The molecule has 1 saturated heterocycles. The number of nitrogens with one attached hydrogen (secondary N) is 2. The van der Waals surface area contributed by atoms with Crippen molar-refractivity contribution in [3.63, 3.8) is 0 Å². The van der Waals surface area contributed by atoms with E-state index in [4.69, 9.17) is 16.0 Å². The Morgan fingerprint density at radius 1 is 1.27 bits per heavy atom. The summed E-state index contributed by atoms with van der Waals surface area (Å²) in [5.41, 5.74) is 1.60. The second-order valence-electron chi connectivity index (χ2n) is 7.43. The van der Waals surface area contributed by atoms with Gasteiger partial charge in [0.15, 0.2) is 5.76 Å². The van der Waals surface area contributed by atoms with Gasteiger partial charge in [-0.05, 0) is 38.5 Å². The van der Waals surface area contributed by atoms with Gasteiger partial charge in [0.1, 0.15) is 22.8 Å². The zero-order valence-corrected chi connectivity index (χ0v) is 18.1. The van der Waals surface area contributed by atoms with Crippen LogP contribution in [0.3, 0.4) is 0 Å². The molecule has 0 aliphatic carbocycles. The van der Waals surface area contributed by atoms with Crippen LogP contribution in [0.5, 0.6) is 0 Å². The summed E-state index contributed by atoms with van der Waals surface area (Å²) < 4.78 is 35.3. The molecule has 2 N–H and O–H groups in total. The smallest absolute Gasteiger partial charge is 0.328 e. The lowest BCUT2D eigenvalue weighted by atomic mass is 10.1. The molecule has 2 aromatic carbocycles. The minimum atomic E-state index is -1.89. The van der Waals surface area contributed by atoms with E-state index in [-0.39, 0.29) is 22.8 Å². The van der Waals surface area contributed by atoms with Crippen LogP contribution in [0.1, 0.15) is 30.8 Å². The second kappa shape index (κ2) is 8.37. The van der Waals surface area contributed by atoms with Crippen LogP contribution in [0, 0.1) is 5.82 Å². The quantitative estimate of drug-likeness (QED) is 0.533. The molecule has 30 heavy (non-hydrogen) atoms. The Morgan fingerprint density at radius 3 is 2.70 bits per heavy atom. The fraction of sp³-hybridized carbons (Fsp3) is 0.286. The first-order valence-corrected chi connectivity index (χ1v) is 11.1. The molecular formula is C21H21ClFN3O3S. The Kier molecular flexibility index (Phi) is 5.81. The van der Waals surface area contributed by atoms with Crippen molar-refractivity contribution in [2.24, 2.45) is 0 Å². The molecule has 4 rings (SSSR count). The predicted molar refractivity (Wildman–Crippen MR) is 117 cm³/mol. The SMILES string of the molecule is CC(C)Nc1ccc(Cl)cc1[S+]([O-])NC(=O)c1cc2c(F)cc(N3CCC3)cc2o1. The molecule has 0 bridgehead atoms. The molecule has 1 aromatic heterocycles. The number of amides is 1. The summed E-state index contributed by atoms with van der Waals surface area (Å²) in [4.78, 5) is 15.0. The number of hydrogen-bond donors (Lipinski definition) is 2. The Morgan fingerprint density at radius 2 is 2.03 bits per heavy atom. The number of hydrogen-bond acceptors (Lipinski definition) is 5. The highest BCUT2D eigenvalue weighted by Gasteiger charge is 2.25. The van der Waals surface area contributed by atoms with Gasteiger partial charge in [-0.3, -0.25) is 4.79 Å². The van der Waals surface area contributed by atoms with E-state index >= 15 is 0 Å². The van der Waals surface area contributed by atoms with Crippen LogP contribution in [0.15, 0.2) is 45.7 Å². The van der Waals surface area contributed by atoms with Crippen molar-refractivity contribution in [3.05, 3.63) is 53.0 Å². The molecule has 1 amide bonds. The van der Waals surface area contributed by atoms with Gasteiger partial charge >= 0.3 is 5.91 Å². The highest BCUT2D eigenvalue weighted by atomic mass is 35.5. The molecule has 0 saturated carbocycles. The van der Waals surface area contributed by atoms with Crippen LogP contribution in [0.2, 0.25) is 5.02 Å². The van der Waals surface area contributed by atoms with Gasteiger partial charge in [0.2, 0.25) is 4.90 Å². The third-order valence-corrected chi connectivity index (χ3v) is 6.13. The van der Waals surface area contributed by atoms with Crippen LogP contribution in [0.25, 0.3) is 11.0 Å². The van der Waals surface area contributed by atoms with Crippen LogP contribution >= 0.6 is 11.6 Å². The minimum Gasteiger partial charge on any atom is -0.588 e. The molecule has 158 valence electrons. The topological polar surface area (TPSA) is 80.6 Å². The minimum absolute atomic E-state index is 0.0941. The predicted octanol–water partition coefficient (Wildman–Crippen LogP) is 4.71. The van der Waals surface area contributed by atoms with Gasteiger partial charge in [0.25, 0.3) is 0 Å². The summed E-state index contributed by atoms with van der Waals surface area (Å²) >= 11 is 4.15. The average molecular weight is 450 g/mol. The number of fused-ring (bicyclic) bond motifs is 1. The first kappa shape index (κ1) is 20.8. The van der Waals surface area contributed by atoms with E-state index in [2.05, 4.69) is 10.0 Å². The third-order valence-electron chi connectivity index (χ3n) is 4.79. The van der Waals surface area contributed by atoms with Crippen LogP contribution in [0.4, 0.5) is 15.8 Å². The zero-order chi connectivity index (χ0) is 21.4. The largest absolute Gasteiger partial charge is 0.588 e. The van der Waals surface area contributed by atoms with Gasteiger partial charge in [-0.15, -0.1) is 0 Å². The monoisotopic (exact) mass is 449 g/mol. The number of benzene rings is 2. The third kappa shape index (κ3) is 4.21. The van der Waals surface area contributed by atoms with Crippen molar-refractivity contribution in [1.82, 2.24) is 4.72 Å². The number of furan rings is 1. The van der Waals surface area contributed by atoms with E-state index in [0.717, 1.165) is 25.2 Å².